The van der Waals surface area contributed by atoms with Gasteiger partial charge in [0.05, 0.1) is 56.2 Å². The molecule has 16 rings (SSSR count). The fourth-order valence-corrected chi connectivity index (χ4v) is 8.86. The zero-order valence-electron chi connectivity index (χ0n) is 59.7. The summed E-state index contributed by atoms with van der Waals surface area (Å²) in [6.45, 7) is 2.29. The van der Waals surface area contributed by atoms with Gasteiger partial charge in [0, 0.05) is 95.9 Å². The van der Waals surface area contributed by atoms with E-state index in [0.29, 0.717) is 26.4 Å². The molecule has 2 aromatic carbocycles. The first kappa shape index (κ1) is 105. The van der Waals surface area contributed by atoms with Crippen LogP contribution in [0.4, 0.5) is 101 Å². The third-order valence-corrected chi connectivity index (χ3v) is 12.6. The van der Waals surface area contributed by atoms with Crippen LogP contribution in [0.2, 0.25) is 0 Å². The smallest absolute Gasteiger partial charge is 0.485 e. The number of halogens is 28. The first-order chi connectivity index (χ1) is 54.4. The SMILES string of the molecule is ClCCl.ClCCl.F[P-](F)(F)(F)(F)F.F[P-](F)(F)(F)(F)F.F[P-](F)(F)(F)(F)F.F[P-](F)(F)(F)(F)F.[Ru+2].[Ru+2].c1ccc(-c2ccccn2)nc1.c1ccc(-c2ccccn2)nc1.c1ccc(-c2ccccn2)nc1.c1ccc(-c2ccccn2)nc1.c1cnc2c(c1)c1c(c3cccnc32)OCCO1.c1cnc2c(c1)c1c(c3cccnc32)OCCO1. The number of pyridine rings is 12. The Morgan fingerprint density at radius 1 is 0.200 bits per heavy atom. The fourth-order valence-electron chi connectivity index (χ4n) is 8.86. The average molecular weight is 2050 g/mol. The molecule has 2 aliphatic heterocycles. The third kappa shape index (κ3) is 49.0. The second-order valence-corrected chi connectivity index (χ2v) is 31.3. The van der Waals surface area contributed by atoms with E-state index in [-0.39, 0.29) is 49.6 Å². The predicted octanol–water partition coefficient (Wildman–Crippen LogP) is 30.1. The van der Waals surface area contributed by atoms with Crippen molar-refractivity contribution in [1.82, 2.24) is 59.8 Å². The molecule has 0 bridgehead atoms. The molecule has 14 heterocycles. The van der Waals surface area contributed by atoms with E-state index in [1.807, 2.05) is 194 Å². The molecule has 0 amide bonds. The largest absolute Gasteiger partial charge is 2.00 e. The zero-order valence-corrected chi connectivity index (χ0v) is 69.8. The van der Waals surface area contributed by atoms with Gasteiger partial charge in [0.1, 0.15) is 48.5 Å². The maximum Gasteiger partial charge on any atom is 2.00 e. The summed E-state index contributed by atoms with van der Waals surface area (Å²) < 4.78 is 260. The molecule has 0 spiro atoms. The van der Waals surface area contributed by atoms with E-state index in [0.717, 1.165) is 112 Å². The van der Waals surface area contributed by atoms with E-state index in [1.165, 1.54) is 0 Å². The molecular weight excluding hydrogens is 2000 g/mol. The van der Waals surface area contributed by atoms with E-state index < -0.39 is 31.2 Å². The van der Waals surface area contributed by atoms with E-state index in [1.54, 1.807) is 74.4 Å². The first-order valence-corrected chi connectivity index (χ1v) is 42.3. The molecule has 0 fully saturated rings. The van der Waals surface area contributed by atoms with Crippen molar-refractivity contribution in [3.8, 4) is 68.5 Å². The molecule has 0 saturated carbocycles. The normalized spacial score (nSPS) is 13.8. The maximum atomic E-state index is 9.87. The van der Waals surface area contributed by atoms with Crippen LogP contribution in [0, 0.1) is 0 Å². The van der Waals surface area contributed by atoms with Crippen LogP contribution in [-0.4, -0.2) is 96.9 Å². The quantitative estimate of drug-likeness (QED) is 0.0531. The molecule has 0 unspecified atom stereocenters. The Morgan fingerprint density at radius 3 is 0.425 bits per heavy atom. The van der Waals surface area contributed by atoms with Crippen molar-refractivity contribution in [3.05, 3.63) is 268 Å². The van der Waals surface area contributed by atoms with Gasteiger partial charge in [-0.05, 0) is 146 Å². The number of hydrogen-bond donors (Lipinski definition) is 0. The molecule has 0 aliphatic carbocycles. The molecular formula is C70H56Cl4F24N12O4P4Ru2. The molecule has 14 aromatic rings. The molecule has 120 heavy (non-hydrogen) atoms. The topological polar surface area (TPSA) is 192 Å². The summed E-state index contributed by atoms with van der Waals surface area (Å²) in [4.78, 5) is 51.2. The van der Waals surface area contributed by atoms with Gasteiger partial charge in [-0.25, -0.2) is 0 Å². The number of ether oxygens (including phenoxy) is 4. The van der Waals surface area contributed by atoms with Gasteiger partial charge < -0.3 is 18.9 Å². The second kappa shape index (κ2) is 41.7. The first-order valence-electron chi connectivity index (χ1n) is 32.0. The zero-order chi connectivity index (χ0) is 87.8. The minimum absolute atomic E-state index is 0. The summed E-state index contributed by atoms with van der Waals surface area (Å²) in [5.74, 6) is 3.13. The number of alkyl halides is 4. The minimum atomic E-state index is -10.7. The Bertz CT molecular complexity index is 4600. The number of aromatic nitrogens is 12. The van der Waals surface area contributed by atoms with Crippen molar-refractivity contribution >= 4 is 121 Å². The van der Waals surface area contributed by atoms with E-state index >= 15 is 0 Å². The monoisotopic (exact) mass is 2050 g/mol. The van der Waals surface area contributed by atoms with Crippen LogP contribution in [0.25, 0.3) is 89.2 Å². The van der Waals surface area contributed by atoms with Gasteiger partial charge in [0.25, 0.3) is 0 Å². The van der Waals surface area contributed by atoms with Crippen LogP contribution in [-0.2, 0) is 39.0 Å². The van der Waals surface area contributed by atoms with Crippen molar-refractivity contribution < 1.29 is 159 Å². The van der Waals surface area contributed by atoms with Crippen LogP contribution in [0.15, 0.2) is 268 Å². The molecule has 2 aliphatic rings. The van der Waals surface area contributed by atoms with Crippen molar-refractivity contribution in [2.45, 2.75) is 0 Å². The van der Waals surface area contributed by atoms with Crippen LogP contribution >= 0.6 is 77.6 Å². The van der Waals surface area contributed by atoms with E-state index in [4.69, 9.17) is 65.4 Å². The molecule has 50 heteroatoms. The summed E-state index contributed by atoms with van der Waals surface area (Å²) >= 11 is 19.1. The molecule has 16 nitrogen and oxygen atoms in total. The summed E-state index contributed by atoms with van der Waals surface area (Å²) in [5, 5.41) is 4.22. The van der Waals surface area contributed by atoms with Gasteiger partial charge in [0.15, 0.2) is 23.0 Å². The van der Waals surface area contributed by atoms with Crippen LogP contribution < -0.4 is 18.9 Å². The van der Waals surface area contributed by atoms with Gasteiger partial charge >= 0.3 is 171 Å². The molecule has 652 valence electrons. The Balaban J connectivity index is 0.000000348. The molecule has 0 radical (unpaired) electrons. The van der Waals surface area contributed by atoms with Gasteiger partial charge in [-0.1, -0.05) is 48.5 Å². The van der Waals surface area contributed by atoms with Crippen molar-refractivity contribution in [2.75, 3.05) is 37.1 Å². The Morgan fingerprint density at radius 2 is 0.317 bits per heavy atom. The Kier molecular flexibility index (Phi) is 36.5. The summed E-state index contributed by atoms with van der Waals surface area (Å²) in [5.41, 5.74) is 10.8. The number of hydrogen-bond acceptors (Lipinski definition) is 16. The maximum absolute atomic E-state index is 10.7. The minimum Gasteiger partial charge on any atom is -0.485 e. The van der Waals surface area contributed by atoms with E-state index in [9.17, 15) is 101 Å². The Labute approximate surface area is 709 Å². The molecule has 12 aromatic heterocycles. The van der Waals surface area contributed by atoms with Crippen molar-refractivity contribution in [2.24, 2.45) is 0 Å². The summed E-state index contributed by atoms with van der Waals surface area (Å²) in [6, 6.07) is 61.9. The molecule has 0 saturated heterocycles. The Hall–Kier alpha value is -9.07. The molecule has 0 N–H and O–H groups in total. The predicted molar refractivity (Wildman–Crippen MR) is 413 cm³/mol. The number of rotatable bonds is 4. The number of fused-ring (bicyclic) bond motifs is 12. The van der Waals surface area contributed by atoms with Gasteiger partial charge in [0.2, 0.25) is 0 Å². The standard InChI is InChI=1S/2C14H10N2O2.4C10H8N2.2CH2Cl2.4F6P.2Ru/c2*1-3-9-11(15-5-1)12-10(4-2-6-16-12)14-13(9)17-7-8-18-14;4*1-3-7-11-9(5-1)10-6-2-4-8-12-10;2*2-1-3;4*1-7(2,3,4,5)6;;/h2*1-6H,7-8H2;4*1-8H;2*1H2;;;;;;/q;;;;;;;;4*-1;2*+2. The van der Waals surface area contributed by atoms with E-state index in [2.05, 4.69) is 59.8 Å². The molecule has 0 atom stereocenters. The van der Waals surface area contributed by atoms with Gasteiger partial charge in [-0.15, -0.1) is 46.4 Å². The van der Waals surface area contributed by atoms with Crippen LogP contribution in [0.3, 0.4) is 0 Å². The third-order valence-electron chi connectivity index (χ3n) is 12.6. The van der Waals surface area contributed by atoms with Crippen LogP contribution in [0.5, 0.6) is 23.0 Å². The van der Waals surface area contributed by atoms with Gasteiger partial charge in [-0.2, -0.15) is 0 Å². The van der Waals surface area contributed by atoms with Crippen molar-refractivity contribution in [1.29, 1.82) is 0 Å². The van der Waals surface area contributed by atoms with Gasteiger partial charge in [-0.3, -0.25) is 59.8 Å². The average Bonchev–Trinajstić information content (AvgIpc) is 0.750. The summed E-state index contributed by atoms with van der Waals surface area (Å²) in [7, 11) is -42.6. The number of benzene rings is 2. The van der Waals surface area contributed by atoms with Crippen molar-refractivity contribution in [3.63, 3.8) is 0 Å². The van der Waals surface area contributed by atoms with Crippen LogP contribution in [0.1, 0.15) is 0 Å². The second-order valence-electron chi connectivity index (χ2n) is 22.1. The fraction of sp³-hybridized carbons (Fsp3) is 0.0857. The summed E-state index contributed by atoms with van der Waals surface area (Å²) in [6.07, 6.45) is 21.2. The number of nitrogens with zero attached hydrogens (tertiary/aromatic N) is 12.